The zero-order valence-electron chi connectivity index (χ0n) is 30.4. The molecule has 0 fully saturated rings. The van der Waals surface area contributed by atoms with E-state index in [1.54, 1.807) is 0 Å². The standard InChI is InChI=1S/C40H78O4/c1-5-6-7-8-9-10-11-12-17-20-23-26-29-32-35-39(44-38(4)41)40(42)43-36-33-30-27-24-21-18-15-13-14-16-19-22-25-28-31-34-37(2)3/h37,39H,5-36H2,1-4H3. The Hall–Kier alpha value is -1.06. The molecule has 0 rings (SSSR count). The molecule has 0 aromatic heterocycles. The second-order valence-electron chi connectivity index (χ2n) is 14.1. The zero-order chi connectivity index (χ0) is 32.4. The largest absolute Gasteiger partial charge is 0.463 e. The number of rotatable bonds is 35. The van der Waals surface area contributed by atoms with Crippen molar-refractivity contribution in [3.8, 4) is 0 Å². The molecule has 0 spiro atoms. The van der Waals surface area contributed by atoms with Gasteiger partial charge in [-0.2, -0.15) is 0 Å². The molecule has 0 N–H and O–H groups in total. The Morgan fingerprint density at radius 1 is 0.455 bits per heavy atom. The van der Waals surface area contributed by atoms with Gasteiger partial charge in [-0.15, -0.1) is 0 Å². The van der Waals surface area contributed by atoms with Crippen LogP contribution in [0.15, 0.2) is 0 Å². The summed E-state index contributed by atoms with van der Waals surface area (Å²) in [5.41, 5.74) is 0. The van der Waals surface area contributed by atoms with Crippen molar-refractivity contribution in [2.45, 2.75) is 233 Å². The van der Waals surface area contributed by atoms with Crippen LogP contribution in [0, 0.1) is 5.92 Å². The fraction of sp³-hybridized carbons (Fsp3) is 0.950. The highest BCUT2D eigenvalue weighted by atomic mass is 16.6. The Morgan fingerprint density at radius 2 is 0.773 bits per heavy atom. The van der Waals surface area contributed by atoms with Crippen molar-refractivity contribution >= 4 is 11.9 Å². The highest BCUT2D eigenvalue weighted by molar-refractivity contribution is 5.78. The van der Waals surface area contributed by atoms with Crippen LogP contribution in [-0.4, -0.2) is 24.6 Å². The average molecular weight is 623 g/mol. The molecule has 0 heterocycles. The summed E-state index contributed by atoms with van der Waals surface area (Å²) >= 11 is 0. The summed E-state index contributed by atoms with van der Waals surface area (Å²) in [6.45, 7) is 8.74. The third-order valence-electron chi connectivity index (χ3n) is 9.06. The third-order valence-corrected chi connectivity index (χ3v) is 9.06. The minimum atomic E-state index is -0.737. The summed E-state index contributed by atoms with van der Waals surface area (Å²) < 4.78 is 10.8. The van der Waals surface area contributed by atoms with Gasteiger partial charge in [-0.1, -0.05) is 201 Å². The Kier molecular flexibility index (Phi) is 34.0. The van der Waals surface area contributed by atoms with E-state index in [2.05, 4.69) is 20.8 Å². The summed E-state index contributed by atoms with van der Waals surface area (Å²) in [7, 11) is 0. The van der Waals surface area contributed by atoms with E-state index in [0.717, 1.165) is 31.6 Å². The maximum atomic E-state index is 12.5. The van der Waals surface area contributed by atoms with Crippen molar-refractivity contribution in [3.63, 3.8) is 0 Å². The molecule has 0 amide bonds. The van der Waals surface area contributed by atoms with Crippen molar-refractivity contribution in [1.82, 2.24) is 0 Å². The van der Waals surface area contributed by atoms with E-state index in [9.17, 15) is 9.59 Å². The van der Waals surface area contributed by atoms with Gasteiger partial charge in [0.1, 0.15) is 0 Å². The zero-order valence-corrected chi connectivity index (χ0v) is 30.4. The van der Waals surface area contributed by atoms with E-state index in [1.807, 2.05) is 0 Å². The molecule has 0 aliphatic rings. The lowest BCUT2D eigenvalue weighted by molar-refractivity contribution is -0.167. The van der Waals surface area contributed by atoms with E-state index in [-0.39, 0.29) is 5.97 Å². The normalized spacial score (nSPS) is 12.1. The van der Waals surface area contributed by atoms with Gasteiger partial charge in [0, 0.05) is 6.92 Å². The monoisotopic (exact) mass is 623 g/mol. The van der Waals surface area contributed by atoms with Crippen molar-refractivity contribution < 1.29 is 19.1 Å². The lowest BCUT2D eigenvalue weighted by Crippen LogP contribution is -2.28. The second kappa shape index (κ2) is 34.8. The predicted molar refractivity (Wildman–Crippen MR) is 190 cm³/mol. The predicted octanol–water partition coefficient (Wildman–Crippen LogP) is 13.2. The van der Waals surface area contributed by atoms with Gasteiger partial charge in [0.25, 0.3) is 0 Å². The van der Waals surface area contributed by atoms with Crippen LogP contribution >= 0.6 is 0 Å². The van der Waals surface area contributed by atoms with Gasteiger partial charge in [0.15, 0.2) is 6.10 Å². The summed E-state index contributed by atoms with van der Waals surface area (Å²) in [6.07, 6.45) is 39.3. The molecule has 1 atom stereocenters. The highest BCUT2D eigenvalue weighted by Gasteiger charge is 2.22. The van der Waals surface area contributed by atoms with Crippen LogP contribution in [0.1, 0.15) is 227 Å². The van der Waals surface area contributed by atoms with Crippen molar-refractivity contribution in [1.29, 1.82) is 0 Å². The summed E-state index contributed by atoms with van der Waals surface area (Å²) in [5.74, 6) is 0.104. The highest BCUT2D eigenvalue weighted by Crippen LogP contribution is 2.17. The number of carbonyl (C=O) groups is 2. The smallest absolute Gasteiger partial charge is 0.347 e. The van der Waals surface area contributed by atoms with Gasteiger partial charge >= 0.3 is 11.9 Å². The number of esters is 2. The van der Waals surface area contributed by atoms with Crippen LogP contribution in [0.5, 0.6) is 0 Å². The molecule has 44 heavy (non-hydrogen) atoms. The Bertz CT molecular complexity index is 602. The van der Waals surface area contributed by atoms with E-state index >= 15 is 0 Å². The quantitative estimate of drug-likeness (QED) is 0.0521. The molecule has 0 aromatic rings. The SMILES string of the molecule is CCCCCCCCCCCCCCCCC(OC(C)=O)C(=O)OCCCCCCCCCCCCCCCCCC(C)C. The third kappa shape index (κ3) is 33.8. The lowest BCUT2D eigenvalue weighted by atomic mass is 10.0. The van der Waals surface area contributed by atoms with Crippen molar-refractivity contribution in [2.24, 2.45) is 5.92 Å². The van der Waals surface area contributed by atoms with E-state index in [0.29, 0.717) is 13.0 Å². The van der Waals surface area contributed by atoms with Crippen molar-refractivity contribution in [3.05, 3.63) is 0 Å². The molecule has 0 saturated heterocycles. The minimum Gasteiger partial charge on any atom is -0.463 e. The van der Waals surface area contributed by atoms with Gasteiger partial charge in [-0.05, 0) is 25.2 Å². The number of hydrogen-bond acceptors (Lipinski definition) is 4. The van der Waals surface area contributed by atoms with Crippen LogP contribution in [0.3, 0.4) is 0 Å². The van der Waals surface area contributed by atoms with E-state index in [1.165, 1.54) is 174 Å². The topological polar surface area (TPSA) is 52.6 Å². The minimum absolute atomic E-state index is 0.360. The van der Waals surface area contributed by atoms with E-state index < -0.39 is 12.1 Å². The number of hydrogen-bond donors (Lipinski definition) is 0. The maximum Gasteiger partial charge on any atom is 0.347 e. The van der Waals surface area contributed by atoms with Crippen LogP contribution in [-0.2, 0) is 19.1 Å². The summed E-state index contributed by atoms with van der Waals surface area (Å²) in [6, 6.07) is 0. The molecule has 4 heteroatoms. The first-order chi connectivity index (χ1) is 21.5. The first-order valence-electron chi connectivity index (χ1n) is 19.8. The van der Waals surface area contributed by atoms with Crippen molar-refractivity contribution in [2.75, 3.05) is 6.61 Å². The Balaban J connectivity index is 3.58. The fourth-order valence-electron chi connectivity index (χ4n) is 6.17. The molecule has 0 aliphatic carbocycles. The van der Waals surface area contributed by atoms with Crippen LogP contribution in [0.2, 0.25) is 0 Å². The Morgan fingerprint density at radius 3 is 1.11 bits per heavy atom. The van der Waals surface area contributed by atoms with Crippen LogP contribution < -0.4 is 0 Å². The number of unbranched alkanes of at least 4 members (excludes halogenated alkanes) is 27. The van der Waals surface area contributed by atoms with Gasteiger partial charge in [-0.25, -0.2) is 4.79 Å². The number of ether oxygens (including phenoxy) is 2. The molecule has 262 valence electrons. The van der Waals surface area contributed by atoms with Crippen LogP contribution in [0.4, 0.5) is 0 Å². The molecular formula is C40H78O4. The maximum absolute atomic E-state index is 12.5. The average Bonchev–Trinajstić information content (AvgIpc) is 2.99. The summed E-state index contributed by atoms with van der Waals surface area (Å²) in [4.78, 5) is 24.1. The van der Waals surface area contributed by atoms with Crippen LogP contribution in [0.25, 0.3) is 0 Å². The van der Waals surface area contributed by atoms with Gasteiger partial charge in [0.05, 0.1) is 6.61 Å². The molecule has 0 radical (unpaired) electrons. The molecular weight excluding hydrogens is 544 g/mol. The first-order valence-corrected chi connectivity index (χ1v) is 19.8. The molecule has 0 aromatic carbocycles. The second-order valence-corrected chi connectivity index (χ2v) is 14.1. The first kappa shape index (κ1) is 42.9. The molecule has 0 bridgehead atoms. The molecule has 0 aliphatic heterocycles. The van der Waals surface area contributed by atoms with E-state index in [4.69, 9.17) is 9.47 Å². The van der Waals surface area contributed by atoms with Gasteiger partial charge < -0.3 is 9.47 Å². The molecule has 1 unspecified atom stereocenters. The fourth-order valence-corrected chi connectivity index (χ4v) is 6.17. The molecule has 4 nitrogen and oxygen atoms in total. The Labute approximate surface area is 276 Å². The molecule has 0 saturated carbocycles. The lowest BCUT2D eigenvalue weighted by Gasteiger charge is -2.16. The van der Waals surface area contributed by atoms with Gasteiger partial charge in [0.2, 0.25) is 0 Å². The number of carbonyl (C=O) groups excluding carboxylic acids is 2. The van der Waals surface area contributed by atoms with Gasteiger partial charge in [-0.3, -0.25) is 4.79 Å². The summed E-state index contributed by atoms with van der Waals surface area (Å²) in [5, 5.41) is 0.